The molecule has 0 saturated carbocycles. The van der Waals surface area contributed by atoms with E-state index in [1.807, 2.05) is 0 Å². The summed E-state index contributed by atoms with van der Waals surface area (Å²) in [6.07, 6.45) is 1.13. The summed E-state index contributed by atoms with van der Waals surface area (Å²) < 4.78 is 36.6. The van der Waals surface area contributed by atoms with Crippen LogP contribution in [0, 0.1) is 5.82 Å². The maximum atomic E-state index is 14.6. The van der Waals surface area contributed by atoms with Crippen molar-refractivity contribution in [2.24, 2.45) is 0 Å². The molecule has 5 rings (SSSR count). The first kappa shape index (κ1) is 25.1. The molecule has 37 heavy (non-hydrogen) atoms. The second kappa shape index (κ2) is 10.8. The molecule has 3 atom stereocenters. The zero-order valence-electron chi connectivity index (χ0n) is 20.5. The van der Waals surface area contributed by atoms with Crippen LogP contribution in [0.5, 0.6) is 17.4 Å². The van der Waals surface area contributed by atoms with Gasteiger partial charge < -0.3 is 34.7 Å². The molecule has 0 aromatic carbocycles. The van der Waals surface area contributed by atoms with E-state index in [0.29, 0.717) is 59.5 Å². The SMILES string of the molecule is COc1ccc2ncc(F)c(C[C@H](O)C3CCC(NCc4nc5c(cc4OC)OCC(=O)N5)CO3)c2n1. The number of carbonyl (C=O) groups excluding carboxylic acids is 1. The highest BCUT2D eigenvalue weighted by Crippen LogP contribution is 2.32. The third-order valence-electron chi connectivity index (χ3n) is 6.52. The Balaban J connectivity index is 1.19. The Morgan fingerprint density at radius 1 is 1.27 bits per heavy atom. The van der Waals surface area contributed by atoms with Gasteiger partial charge in [-0.1, -0.05) is 0 Å². The Hall–Kier alpha value is -3.61. The van der Waals surface area contributed by atoms with Crippen LogP contribution < -0.4 is 24.8 Å². The smallest absolute Gasteiger partial charge is 0.263 e. The standard InChI is InChI=1S/C25H28FN5O6/c1-34-20-8-21-25(30-22(33)12-37-21)29-17(20)10-27-13-3-5-19(36-11-13)18(32)7-14-15(26)9-28-16-4-6-23(35-2)31-24(14)16/h4,6,8-9,13,18-19,27,32H,3,5,7,10-12H2,1-2H3,(H,29,30,33)/t13?,18-,19?/m0/s1. The minimum atomic E-state index is -0.917. The number of aliphatic hydroxyl groups excluding tert-OH is 1. The highest BCUT2D eigenvalue weighted by atomic mass is 19.1. The van der Waals surface area contributed by atoms with E-state index in [9.17, 15) is 14.3 Å². The van der Waals surface area contributed by atoms with Gasteiger partial charge in [0.05, 0.1) is 56.0 Å². The molecule has 11 nitrogen and oxygen atoms in total. The predicted octanol–water partition coefficient (Wildman–Crippen LogP) is 1.75. The Bertz CT molecular complexity index is 1300. The van der Waals surface area contributed by atoms with E-state index in [0.717, 1.165) is 12.6 Å². The van der Waals surface area contributed by atoms with E-state index in [2.05, 4.69) is 25.6 Å². The number of amides is 1. The Morgan fingerprint density at radius 2 is 2.14 bits per heavy atom. The Kier molecular flexibility index (Phi) is 7.31. The fourth-order valence-electron chi connectivity index (χ4n) is 4.53. The van der Waals surface area contributed by atoms with E-state index in [4.69, 9.17) is 18.9 Å². The lowest BCUT2D eigenvalue weighted by molar-refractivity contribution is -0.118. The molecular formula is C25H28FN5O6. The molecule has 0 aliphatic carbocycles. The van der Waals surface area contributed by atoms with Gasteiger partial charge in [-0.25, -0.2) is 14.4 Å². The Labute approximate surface area is 212 Å². The molecular weight excluding hydrogens is 485 g/mol. The third kappa shape index (κ3) is 5.41. The molecule has 0 bridgehead atoms. The van der Waals surface area contributed by atoms with Gasteiger partial charge in [-0.05, 0) is 18.9 Å². The first-order chi connectivity index (χ1) is 17.9. The monoisotopic (exact) mass is 513 g/mol. The maximum Gasteiger partial charge on any atom is 0.263 e. The molecule has 2 unspecified atom stereocenters. The molecule has 12 heteroatoms. The largest absolute Gasteiger partial charge is 0.495 e. The van der Waals surface area contributed by atoms with Crippen LogP contribution in [0.4, 0.5) is 10.2 Å². The van der Waals surface area contributed by atoms with Crippen LogP contribution in [-0.4, -0.2) is 71.6 Å². The number of anilines is 1. The number of methoxy groups -OCH3 is 2. The van der Waals surface area contributed by atoms with E-state index >= 15 is 0 Å². The van der Waals surface area contributed by atoms with Crippen LogP contribution in [0.2, 0.25) is 0 Å². The van der Waals surface area contributed by atoms with Crippen molar-refractivity contribution >= 4 is 22.8 Å². The zero-order chi connectivity index (χ0) is 25.9. The minimum Gasteiger partial charge on any atom is -0.495 e. The van der Waals surface area contributed by atoms with Gasteiger partial charge in [0.1, 0.15) is 11.6 Å². The number of fused-ring (bicyclic) bond motifs is 2. The van der Waals surface area contributed by atoms with Crippen molar-refractivity contribution in [1.29, 1.82) is 0 Å². The molecule has 0 spiro atoms. The van der Waals surface area contributed by atoms with Crippen molar-refractivity contribution in [2.75, 3.05) is 32.8 Å². The molecule has 2 aliphatic rings. The predicted molar refractivity (Wildman–Crippen MR) is 130 cm³/mol. The number of carbonyl (C=O) groups is 1. The normalized spacial score (nSPS) is 20.1. The van der Waals surface area contributed by atoms with Crippen molar-refractivity contribution in [3.63, 3.8) is 0 Å². The summed E-state index contributed by atoms with van der Waals surface area (Å²) in [6.45, 7) is 0.687. The fraction of sp³-hybridized carbons (Fsp3) is 0.440. The number of nitrogens with zero attached hydrogens (tertiary/aromatic N) is 3. The lowest BCUT2D eigenvalue weighted by Crippen LogP contribution is -2.44. The number of ether oxygens (including phenoxy) is 4. The van der Waals surface area contributed by atoms with E-state index in [-0.39, 0.29) is 30.5 Å². The second-order valence-electron chi connectivity index (χ2n) is 8.93. The summed E-state index contributed by atoms with van der Waals surface area (Å²) in [6, 6.07) is 5.08. The van der Waals surface area contributed by atoms with Crippen LogP contribution in [0.25, 0.3) is 11.0 Å². The number of hydrogen-bond acceptors (Lipinski definition) is 10. The van der Waals surface area contributed by atoms with E-state index in [1.54, 1.807) is 25.3 Å². The van der Waals surface area contributed by atoms with Gasteiger partial charge in [-0.15, -0.1) is 0 Å². The number of pyridine rings is 3. The second-order valence-corrected chi connectivity index (χ2v) is 8.93. The lowest BCUT2D eigenvalue weighted by Gasteiger charge is -2.32. The van der Waals surface area contributed by atoms with Crippen LogP contribution in [0.3, 0.4) is 0 Å². The molecule has 1 fully saturated rings. The summed E-state index contributed by atoms with van der Waals surface area (Å²) >= 11 is 0. The lowest BCUT2D eigenvalue weighted by atomic mass is 9.96. The Morgan fingerprint density at radius 3 is 2.89 bits per heavy atom. The van der Waals surface area contributed by atoms with Crippen molar-refractivity contribution in [1.82, 2.24) is 20.3 Å². The number of halogens is 1. The quantitative estimate of drug-likeness (QED) is 0.409. The highest BCUT2D eigenvalue weighted by Gasteiger charge is 2.29. The van der Waals surface area contributed by atoms with Crippen LogP contribution in [0.1, 0.15) is 24.1 Å². The van der Waals surface area contributed by atoms with Crippen LogP contribution in [0.15, 0.2) is 24.4 Å². The van der Waals surface area contributed by atoms with Gasteiger partial charge in [0.2, 0.25) is 5.88 Å². The van der Waals surface area contributed by atoms with Gasteiger partial charge in [0.25, 0.3) is 5.91 Å². The summed E-state index contributed by atoms with van der Waals surface area (Å²) in [7, 11) is 3.03. The van der Waals surface area contributed by atoms with Crippen LogP contribution in [-0.2, 0) is 22.5 Å². The topological polar surface area (TPSA) is 137 Å². The number of nitrogens with one attached hydrogen (secondary N) is 2. The number of aromatic nitrogens is 3. The summed E-state index contributed by atoms with van der Waals surface area (Å²) in [5.41, 5.74) is 1.79. The van der Waals surface area contributed by atoms with Gasteiger partial charge in [-0.3, -0.25) is 9.78 Å². The number of rotatable bonds is 8. The van der Waals surface area contributed by atoms with Crippen molar-refractivity contribution in [3.8, 4) is 17.4 Å². The molecule has 1 saturated heterocycles. The molecule has 3 aromatic rings. The molecule has 5 heterocycles. The first-order valence-corrected chi connectivity index (χ1v) is 12.0. The van der Waals surface area contributed by atoms with E-state index in [1.165, 1.54) is 7.11 Å². The third-order valence-corrected chi connectivity index (χ3v) is 6.52. The van der Waals surface area contributed by atoms with Crippen molar-refractivity contribution in [2.45, 2.75) is 44.1 Å². The molecule has 3 aromatic heterocycles. The number of hydrogen-bond donors (Lipinski definition) is 3. The molecule has 196 valence electrons. The van der Waals surface area contributed by atoms with Crippen molar-refractivity contribution in [3.05, 3.63) is 41.5 Å². The summed E-state index contributed by atoms with van der Waals surface area (Å²) in [5.74, 6) is 0.923. The fourth-order valence-corrected chi connectivity index (χ4v) is 4.53. The minimum absolute atomic E-state index is 0.0150. The molecule has 3 N–H and O–H groups in total. The van der Waals surface area contributed by atoms with Gasteiger partial charge in [-0.2, -0.15) is 0 Å². The average molecular weight is 514 g/mol. The summed E-state index contributed by atoms with van der Waals surface area (Å²) in [4.78, 5) is 24.5. The average Bonchev–Trinajstić information content (AvgIpc) is 2.92. The maximum absolute atomic E-state index is 14.6. The molecule has 1 amide bonds. The van der Waals surface area contributed by atoms with Crippen molar-refractivity contribution < 1.29 is 33.2 Å². The summed E-state index contributed by atoms with van der Waals surface area (Å²) in [5, 5.41) is 17.0. The van der Waals surface area contributed by atoms with Gasteiger partial charge >= 0.3 is 0 Å². The first-order valence-electron chi connectivity index (χ1n) is 12.0. The van der Waals surface area contributed by atoms with Crippen LogP contribution >= 0.6 is 0 Å². The van der Waals surface area contributed by atoms with E-state index < -0.39 is 18.0 Å². The number of aliphatic hydroxyl groups is 1. The zero-order valence-corrected chi connectivity index (χ0v) is 20.5. The van der Waals surface area contributed by atoms with Gasteiger partial charge in [0, 0.05) is 36.7 Å². The molecule has 2 aliphatic heterocycles. The molecule has 0 radical (unpaired) electrons. The highest BCUT2D eigenvalue weighted by molar-refractivity contribution is 5.94. The van der Waals surface area contributed by atoms with Gasteiger partial charge in [0.15, 0.2) is 18.2 Å².